The predicted molar refractivity (Wildman–Crippen MR) is 128 cm³/mol. The van der Waals surface area contributed by atoms with Crippen molar-refractivity contribution in [2.75, 3.05) is 11.9 Å². The molecule has 2 aromatic carbocycles. The fourth-order valence-corrected chi connectivity index (χ4v) is 4.34. The van der Waals surface area contributed by atoms with Crippen molar-refractivity contribution in [3.8, 4) is 0 Å². The van der Waals surface area contributed by atoms with E-state index in [1.54, 1.807) is 36.7 Å². The van der Waals surface area contributed by atoms with Crippen molar-refractivity contribution in [1.82, 2.24) is 9.88 Å². The van der Waals surface area contributed by atoms with E-state index in [0.29, 0.717) is 17.7 Å². The Balaban J connectivity index is 1.41. The molecule has 1 fully saturated rings. The number of likely N-dealkylation sites (tertiary alicyclic amines) is 1. The molecule has 2 heterocycles. The number of carbonyl (C=O) groups is 2. The molecule has 0 radical (unpaired) electrons. The number of aromatic nitrogens is 1. The normalized spacial score (nSPS) is 16.6. The van der Waals surface area contributed by atoms with Gasteiger partial charge in [-0.25, -0.2) is 0 Å². The highest BCUT2D eigenvalue weighted by Crippen LogP contribution is 2.29. The summed E-state index contributed by atoms with van der Waals surface area (Å²) in [7, 11) is 0. The fraction of sp³-hybridized carbons (Fsp3) is 0.240. The zero-order valence-corrected chi connectivity index (χ0v) is 19.2. The summed E-state index contributed by atoms with van der Waals surface area (Å²) in [4.78, 5) is 31.3. The number of amides is 2. The van der Waals surface area contributed by atoms with Crippen LogP contribution < -0.4 is 11.1 Å². The smallest absolute Gasteiger partial charge is 0.255 e. The van der Waals surface area contributed by atoms with Gasteiger partial charge in [0.25, 0.3) is 5.91 Å². The van der Waals surface area contributed by atoms with Gasteiger partial charge < -0.3 is 16.0 Å². The molecule has 7 heteroatoms. The summed E-state index contributed by atoms with van der Waals surface area (Å²) in [6.07, 6.45) is 5.44. The Morgan fingerprint density at radius 1 is 1.06 bits per heavy atom. The molecule has 2 amide bonds. The van der Waals surface area contributed by atoms with Gasteiger partial charge in [0.2, 0.25) is 5.91 Å². The summed E-state index contributed by atoms with van der Waals surface area (Å²) >= 11 is 3.42. The lowest BCUT2D eigenvalue weighted by molar-refractivity contribution is -0.131. The van der Waals surface area contributed by atoms with Crippen LogP contribution in [0.5, 0.6) is 0 Å². The SMILES string of the molecule is NC(c1ccc(C(=O)Nc2ccncc2)cc1)C1CCCN1C(=O)Cc1ccc(Br)cc1. The molecule has 0 aliphatic carbocycles. The largest absolute Gasteiger partial charge is 0.338 e. The van der Waals surface area contributed by atoms with E-state index in [1.807, 2.05) is 41.3 Å². The van der Waals surface area contributed by atoms with Crippen LogP contribution in [0.3, 0.4) is 0 Å². The lowest BCUT2D eigenvalue weighted by Gasteiger charge is -2.30. The summed E-state index contributed by atoms with van der Waals surface area (Å²) in [5, 5.41) is 2.84. The van der Waals surface area contributed by atoms with Crippen molar-refractivity contribution in [1.29, 1.82) is 0 Å². The van der Waals surface area contributed by atoms with Crippen LogP contribution in [0.1, 0.15) is 40.4 Å². The highest BCUT2D eigenvalue weighted by molar-refractivity contribution is 9.10. The van der Waals surface area contributed by atoms with Gasteiger partial charge in [-0.05, 0) is 60.4 Å². The van der Waals surface area contributed by atoms with Gasteiger partial charge in [0, 0.05) is 34.7 Å². The quantitative estimate of drug-likeness (QED) is 0.535. The lowest BCUT2D eigenvalue weighted by Crippen LogP contribution is -2.42. The third-order valence-electron chi connectivity index (χ3n) is 5.80. The molecule has 2 atom stereocenters. The first kappa shape index (κ1) is 22.2. The minimum atomic E-state index is -0.302. The van der Waals surface area contributed by atoms with Crippen LogP contribution in [-0.4, -0.2) is 34.3 Å². The van der Waals surface area contributed by atoms with Crippen LogP contribution in [-0.2, 0) is 11.2 Å². The molecule has 1 saturated heterocycles. The van der Waals surface area contributed by atoms with E-state index < -0.39 is 0 Å². The van der Waals surface area contributed by atoms with Crippen LogP contribution in [0.25, 0.3) is 0 Å². The molecule has 0 saturated carbocycles. The number of pyridine rings is 1. The first-order chi connectivity index (χ1) is 15.5. The molecule has 3 N–H and O–H groups in total. The van der Waals surface area contributed by atoms with Crippen molar-refractivity contribution in [2.24, 2.45) is 5.73 Å². The number of carbonyl (C=O) groups excluding carboxylic acids is 2. The first-order valence-corrected chi connectivity index (χ1v) is 11.4. The van der Waals surface area contributed by atoms with E-state index in [9.17, 15) is 9.59 Å². The van der Waals surface area contributed by atoms with E-state index in [4.69, 9.17) is 5.73 Å². The summed E-state index contributed by atoms with van der Waals surface area (Å²) in [5.74, 6) is -0.0953. The molecule has 6 nitrogen and oxygen atoms in total. The van der Waals surface area contributed by atoms with Gasteiger partial charge in [0.1, 0.15) is 0 Å². The molecule has 0 spiro atoms. The van der Waals surface area contributed by atoms with Crippen molar-refractivity contribution >= 4 is 33.4 Å². The Labute approximate surface area is 196 Å². The summed E-state index contributed by atoms with van der Waals surface area (Å²) in [5.41, 5.74) is 9.73. The molecule has 2 unspecified atom stereocenters. The van der Waals surface area contributed by atoms with Crippen molar-refractivity contribution in [2.45, 2.75) is 31.3 Å². The van der Waals surface area contributed by atoms with Gasteiger partial charge in [-0.3, -0.25) is 14.6 Å². The number of rotatable bonds is 6. The van der Waals surface area contributed by atoms with Gasteiger partial charge in [-0.15, -0.1) is 0 Å². The monoisotopic (exact) mass is 492 g/mol. The molecule has 1 aliphatic heterocycles. The first-order valence-electron chi connectivity index (χ1n) is 10.6. The topological polar surface area (TPSA) is 88.3 Å². The summed E-state index contributed by atoms with van der Waals surface area (Å²) in [6, 6.07) is 18.2. The summed E-state index contributed by atoms with van der Waals surface area (Å²) in [6.45, 7) is 0.722. The van der Waals surface area contributed by atoms with E-state index in [2.05, 4.69) is 26.2 Å². The highest BCUT2D eigenvalue weighted by atomic mass is 79.9. The second kappa shape index (κ2) is 10.1. The minimum absolute atomic E-state index is 0.0468. The Morgan fingerprint density at radius 3 is 2.44 bits per heavy atom. The maximum absolute atomic E-state index is 13.0. The number of benzene rings is 2. The van der Waals surface area contributed by atoms with Gasteiger partial charge in [-0.1, -0.05) is 40.2 Å². The van der Waals surface area contributed by atoms with Crippen LogP contribution in [0.4, 0.5) is 5.69 Å². The van der Waals surface area contributed by atoms with Gasteiger partial charge >= 0.3 is 0 Å². The second-order valence-corrected chi connectivity index (χ2v) is 8.85. The van der Waals surface area contributed by atoms with Crippen LogP contribution in [0, 0.1) is 0 Å². The second-order valence-electron chi connectivity index (χ2n) is 7.94. The van der Waals surface area contributed by atoms with Crippen LogP contribution >= 0.6 is 15.9 Å². The Morgan fingerprint density at radius 2 is 1.75 bits per heavy atom. The lowest BCUT2D eigenvalue weighted by atomic mass is 9.96. The Hall–Kier alpha value is -3.03. The standard InChI is InChI=1S/C25H25BrN4O2/c26-20-9-3-17(4-10-20)16-23(31)30-15-1-2-22(30)24(27)18-5-7-19(8-6-18)25(32)29-21-11-13-28-14-12-21/h3-14,22,24H,1-2,15-16,27H2,(H,28,29,32). The Kier molecular flexibility index (Phi) is 6.97. The van der Waals surface area contributed by atoms with Crippen LogP contribution in [0.15, 0.2) is 77.5 Å². The molecule has 4 rings (SSSR count). The number of hydrogen-bond acceptors (Lipinski definition) is 4. The number of nitrogens with one attached hydrogen (secondary N) is 1. The molecular formula is C25H25BrN4O2. The summed E-state index contributed by atoms with van der Waals surface area (Å²) < 4.78 is 0.993. The van der Waals surface area contributed by atoms with Gasteiger partial charge in [0.05, 0.1) is 18.5 Å². The van der Waals surface area contributed by atoms with E-state index in [1.165, 1.54) is 0 Å². The average Bonchev–Trinajstić information content (AvgIpc) is 3.31. The van der Waals surface area contributed by atoms with Crippen molar-refractivity contribution in [3.05, 3.63) is 94.2 Å². The van der Waals surface area contributed by atoms with Crippen LogP contribution in [0.2, 0.25) is 0 Å². The number of hydrogen-bond donors (Lipinski definition) is 2. The fourth-order valence-electron chi connectivity index (χ4n) is 4.07. The molecule has 1 aromatic heterocycles. The van der Waals surface area contributed by atoms with E-state index >= 15 is 0 Å². The maximum Gasteiger partial charge on any atom is 0.255 e. The molecule has 32 heavy (non-hydrogen) atoms. The van der Waals surface area contributed by atoms with Gasteiger partial charge in [-0.2, -0.15) is 0 Å². The molecule has 164 valence electrons. The Bertz CT molecular complexity index is 1070. The number of halogens is 1. The maximum atomic E-state index is 13.0. The molecular weight excluding hydrogens is 468 g/mol. The van der Waals surface area contributed by atoms with Crippen molar-refractivity contribution in [3.63, 3.8) is 0 Å². The zero-order valence-electron chi connectivity index (χ0n) is 17.6. The minimum Gasteiger partial charge on any atom is -0.338 e. The van der Waals surface area contributed by atoms with Gasteiger partial charge in [0.15, 0.2) is 0 Å². The van der Waals surface area contributed by atoms with E-state index in [-0.39, 0.29) is 23.9 Å². The zero-order chi connectivity index (χ0) is 22.5. The third-order valence-corrected chi connectivity index (χ3v) is 6.33. The molecule has 0 bridgehead atoms. The average molecular weight is 493 g/mol. The highest BCUT2D eigenvalue weighted by Gasteiger charge is 2.33. The molecule has 1 aliphatic rings. The van der Waals surface area contributed by atoms with Crippen molar-refractivity contribution < 1.29 is 9.59 Å². The molecule has 3 aromatic rings. The number of anilines is 1. The predicted octanol–water partition coefficient (Wildman–Crippen LogP) is 4.33. The van der Waals surface area contributed by atoms with E-state index in [0.717, 1.165) is 35.0 Å². The number of nitrogens with zero attached hydrogens (tertiary/aromatic N) is 2. The number of nitrogens with two attached hydrogens (primary N) is 1. The third kappa shape index (κ3) is 5.23.